The number of rotatable bonds is 5. The Morgan fingerprint density at radius 3 is 3.00 bits per heavy atom. The van der Waals surface area contributed by atoms with Crippen LogP contribution in [0.25, 0.3) is 0 Å². The average Bonchev–Trinajstić information content (AvgIpc) is 2.63. The zero-order chi connectivity index (χ0) is 18.5. The second kappa shape index (κ2) is 8.12. The summed E-state index contributed by atoms with van der Waals surface area (Å²) in [5, 5.41) is 0. The lowest BCUT2D eigenvalue weighted by atomic mass is 9.98. The molecule has 1 fully saturated rings. The lowest BCUT2D eigenvalue weighted by Crippen LogP contribution is -2.42. The number of piperidine rings is 1. The Morgan fingerprint density at radius 2 is 2.23 bits per heavy atom. The first-order chi connectivity index (χ1) is 12.5. The van der Waals surface area contributed by atoms with E-state index in [2.05, 4.69) is 9.97 Å². The van der Waals surface area contributed by atoms with Gasteiger partial charge in [0.15, 0.2) is 11.6 Å². The predicted octanol–water partition coefficient (Wildman–Crippen LogP) is 2.08. The van der Waals surface area contributed by atoms with Gasteiger partial charge in [-0.05, 0) is 31.9 Å². The summed E-state index contributed by atoms with van der Waals surface area (Å²) in [6.07, 6.45) is 3.27. The summed E-state index contributed by atoms with van der Waals surface area (Å²) in [5.41, 5.74) is 0.0904. The van der Waals surface area contributed by atoms with E-state index >= 15 is 0 Å². The van der Waals surface area contributed by atoms with Crippen molar-refractivity contribution in [3.05, 3.63) is 58.0 Å². The molecular weight excluding hydrogens is 337 g/mol. The first-order valence-corrected chi connectivity index (χ1v) is 8.73. The molecule has 1 aromatic carbocycles. The van der Waals surface area contributed by atoms with Gasteiger partial charge in [-0.15, -0.1) is 0 Å². The number of aromatic amines is 1. The topological polar surface area (TPSA) is 75.3 Å². The van der Waals surface area contributed by atoms with E-state index in [1.165, 1.54) is 12.3 Å². The highest BCUT2D eigenvalue weighted by molar-refractivity contribution is 5.78. The van der Waals surface area contributed by atoms with E-state index in [1.54, 1.807) is 30.0 Å². The molecule has 6 nitrogen and oxygen atoms in total. The average molecular weight is 359 g/mol. The van der Waals surface area contributed by atoms with Crippen molar-refractivity contribution in [2.24, 2.45) is 5.92 Å². The molecule has 1 N–H and O–H groups in total. The van der Waals surface area contributed by atoms with Crippen LogP contribution in [0.2, 0.25) is 0 Å². The van der Waals surface area contributed by atoms with Crippen LogP contribution in [-0.2, 0) is 11.2 Å². The third kappa shape index (κ3) is 4.47. The third-order valence-corrected chi connectivity index (χ3v) is 4.52. The van der Waals surface area contributed by atoms with Crippen LogP contribution >= 0.6 is 0 Å². The number of amides is 1. The monoisotopic (exact) mass is 359 g/mol. The Labute approximate surface area is 151 Å². The molecule has 7 heteroatoms. The van der Waals surface area contributed by atoms with Crippen LogP contribution in [-0.4, -0.2) is 40.5 Å². The molecule has 3 rings (SSSR count). The molecule has 1 atom stereocenters. The predicted molar refractivity (Wildman–Crippen MR) is 94.5 cm³/mol. The SMILES string of the molecule is Cc1ncc(CC(=O)N2CCCC(COc3ccccc3F)C2)c(=O)[nH]1. The highest BCUT2D eigenvalue weighted by Gasteiger charge is 2.25. The number of para-hydroxylation sites is 1. The van der Waals surface area contributed by atoms with E-state index in [0.717, 1.165) is 12.8 Å². The molecule has 0 radical (unpaired) electrons. The fourth-order valence-electron chi connectivity index (χ4n) is 3.11. The maximum absolute atomic E-state index is 13.6. The highest BCUT2D eigenvalue weighted by atomic mass is 19.1. The van der Waals surface area contributed by atoms with E-state index < -0.39 is 0 Å². The summed E-state index contributed by atoms with van der Waals surface area (Å²) in [6, 6.07) is 6.30. The van der Waals surface area contributed by atoms with Crippen LogP contribution in [0, 0.1) is 18.7 Å². The van der Waals surface area contributed by atoms with Crippen molar-refractivity contribution < 1.29 is 13.9 Å². The molecule has 1 aliphatic heterocycles. The first-order valence-electron chi connectivity index (χ1n) is 8.73. The summed E-state index contributed by atoms with van der Waals surface area (Å²) in [7, 11) is 0. The minimum atomic E-state index is -0.387. The van der Waals surface area contributed by atoms with Crippen LogP contribution in [0.3, 0.4) is 0 Å². The number of halogens is 1. The van der Waals surface area contributed by atoms with Crippen LogP contribution in [0.1, 0.15) is 24.2 Å². The van der Waals surface area contributed by atoms with Crippen molar-refractivity contribution in [3.8, 4) is 5.75 Å². The Hall–Kier alpha value is -2.70. The minimum Gasteiger partial charge on any atom is -0.490 e. The minimum absolute atomic E-state index is 0.0313. The van der Waals surface area contributed by atoms with Gasteiger partial charge >= 0.3 is 0 Å². The number of likely N-dealkylation sites (tertiary alicyclic amines) is 1. The fraction of sp³-hybridized carbons (Fsp3) is 0.421. The van der Waals surface area contributed by atoms with Gasteiger partial charge in [-0.3, -0.25) is 9.59 Å². The highest BCUT2D eigenvalue weighted by Crippen LogP contribution is 2.21. The molecule has 0 spiro atoms. The van der Waals surface area contributed by atoms with E-state index in [9.17, 15) is 14.0 Å². The van der Waals surface area contributed by atoms with E-state index in [0.29, 0.717) is 31.1 Å². The fourth-order valence-corrected chi connectivity index (χ4v) is 3.11. The van der Waals surface area contributed by atoms with Gasteiger partial charge in [-0.2, -0.15) is 0 Å². The molecule has 138 valence electrons. The number of benzene rings is 1. The molecule has 1 saturated heterocycles. The van der Waals surface area contributed by atoms with Gasteiger partial charge in [-0.1, -0.05) is 12.1 Å². The van der Waals surface area contributed by atoms with Crippen molar-refractivity contribution in [2.75, 3.05) is 19.7 Å². The molecule has 1 aliphatic rings. The Bertz CT molecular complexity index is 837. The lowest BCUT2D eigenvalue weighted by molar-refractivity contribution is -0.132. The molecule has 0 saturated carbocycles. The van der Waals surface area contributed by atoms with Crippen molar-refractivity contribution in [3.63, 3.8) is 0 Å². The molecule has 2 heterocycles. The second-order valence-electron chi connectivity index (χ2n) is 6.59. The van der Waals surface area contributed by atoms with Crippen LogP contribution in [0.15, 0.2) is 35.3 Å². The zero-order valence-corrected chi connectivity index (χ0v) is 14.7. The number of ether oxygens (including phenoxy) is 1. The molecule has 1 aromatic heterocycles. The first kappa shape index (κ1) is 18.1. The number of carbonyl (C=O) groups excluding carboxylic acids is 1. The Morgan fingerprint density at radius 1 is 1.42 bits per heavy atom. The number of aryl methyl sites for hydroxylation is 1. The van der Waals surface area contributed by atoms with Crippen LogP contribution in [0.4, 0.5) is 4.39 Å². The largest absolute Gasteiger partial charge is 0.490 e. The number of carbonyl (C=O) groups is 1. The summed E-state index contributed by atoms with van der Waals surface area (Å²) in [4.78, 5) is 32.8. The summed E-state index contributed by atoms with van der Waals surface area (Å²) in [5.74, 6) is 0.406. The smallest absolute Gasteiger partial charge is 0.254 e. The maximum Gasteiger partial charge on any atom is 0.254 e. The van der Waals surface area contributed by atoms with Gasteiger partial charge in [0.05, 0.1) is 13.0 Å². The number of hydrogen-bond acceptors (Lipinski definition) is 4. The van der Waals surface area contributed by atoms with Crippen molar-refractivity contribution in [1.82, 2.24) is 14.9 Å². The second-order valence-corrected chi connectivity index (χ2v) is 6.59. The van der Waals surface area contributed by atoms with E-state index in [-0.39, 0.29) is 35.4 Å². The molecular formula is C19H22FN3O3. The normalized spacial score (nSPS) is 17.2. The van der Waals surface area contributed by atoms with E-state index in [1.807, 2.05) is 0 Å². The number of H-pyrrole nitrogens is 1. The van der Waals surface area contributed by atoms with Crippen molar-refractivity contribution in [2.45, 2.75) is 26.2 Å². The molecule has 2 aromatic rings. The van der Waals surface area contributed by atoms with Gasteiger partial charge < -0.3 is 14.6 Å². The molecule has 1 unspecified atom stereocenters. The molecule has 0 bridgehead atoms. The lowest BCUT2D eigenvalue weighted by Gasteiger charge is -2.32. The molecule has 1 amide bonds. The van der Waals surface area contributed by atoms with Gasteiger partial charge in [-0.25, -0.2) is 9.37 Å². The Balaban J connectivity index is 1.56. The van der Waals surface area contributed by atoms with Crippen molar-refractivity contribution >= 4 is 5.91 Å². The van der Waals surface area contributed by atoms with Gasteiger partial charge in [0.2, 0.25) is 5.91 Å². The van der Waals surface area contributed by atoms with Crippen LogP contribution in [0.5, 0.6) is 5.75 Å². The molecule has 0 aliphatic carbocycles. The summed E-state index contributed by atoms with van der Waals surface area (Å²) < 4.78 is 19.2. The van der Waals surface area contributed by atoms with E-state index in [4.69, 9.17) is 4.74 Å². The number of hydrogen-bond donors (Lipinski definition) is 1. The Kier molecular flexibility index (Phi) is 5.65. The summed E-state index contributed by atoms with van der Waals surface area (Å²) in [6.45, 7) is 3.26. The zero-order valence-electron chi connectivity index (χ0n) is 14.7. The van der Waals surface area contributed by atoms with Crippen molar-refractivity contribution in [1.29, 1.82) is 0 Å². The summed E-state index contributed by atoms with van der Waals surface area (Å²) >= 11 is 0. The quantitative estimate of drug-likeness (QED) is 0.887. The third-order valence-electron chi connectivity index (χ3n) is 4.52. The van der Waals surface area contributed by atoms with Gasteiger partial charge in [0, 0.05) is 30.8 Å². The standard InChI is InChI=1S/C19H22FN3O3/c1-13-21-10-15(19(25)22-13)9-18(24)23-8-4-5-14(11-23)12-26-17-7-3-2-6-16(17)20/h2-3,6-7,10,14H,4-5,8-9,11-12H2,1H3,(H,21,22,25). The number of aromatic nitrogens is 2. The van der Waals surface area contributed by atoms with Gasteiger partial charge in [0.1, 0.15) is 5.82 Å². The van der Waals surface area contributed by atoms with Crippen LogP contribution < -0.4 is 10.3 Å². The number of nitrogens with zero attached hydrogens (tertiary/aromatic N) is 2. The number of nitrogens with one attached hydrogen (secondary N) is 1. The molecule has 26 heavy (non-hydrogen) atoms. The van der Waals surface area contributed by atoms with Gasteiger partial charge in [0.25, 0.3) is 5.56 Å². The maximum atomic E-state index is 13.6.